The van der Waals surface area contributed by atoms with Gasteiger partial charge in [0.05, 0.1) is 5.69 Å². The molecule has 4 nitrogen and oxygen atoms in total. The van der Waals surface area contributed by atoms with Gasteiger partial charge < -0.3 is 4.18 Å². The van der Waals surface area contributed by atoms with Crippen molar-refractivity contribution >= 4 is 22.6 Å². The van der Waals surface area contributed by atoms with Crippen molar-refractivity contribution in [3.63, 3.8) is 0 Å². The normalized spacial score (nSPS) is 11.9. The molecule has 5 heteroatoms. The van der Waals surface area contributed by atoms with Gasteiger partial charge >= 0.3 is 0 Å². The van der Waals surface area contributed by atoms with Gasteiger partial charge in [0.2, 0.25) is 5.90 Å². The summed E-state index contributed by atoms with van der Waals surface area (Å²) in [5.41, 5.74) is 3.92. The molecule has 1 aromatic rings. The van der Waals surface area contributed by atoms with Crippen LogP contribution in [0.4, 0.5) is 5.69 Å². The van der Waals surface area contributed by atoms with E-state index < -0.39 is 11.0 Å². The predicted molar refractivity (Wildman–Crippen MR) is 64.8 cm³/mol. The van der Waals surface area contributed by atoms with Gasteiger partial charge in [0.25, 0.3) is 11.0 Å². The molecule has 0 aliphatic heterocycles. The van der Waals surface area contributed by atoms with Gasteiger partial charge in [0, 0.05) is 6.92 Å². The second-order valence-electron chi connectivity index (χ2n) is 3.69. The third-order valence-corrected chi connectivity index (χ3v) is 2.52. The van der Waals surface area contributed by atoms with Crippen LogP contribution >= 0.6 is 0 Å². The maximum absolute atomic E-state index is 10.4. The van der Waals surface area contributed by atoms with Gasteiger partial charge in [0.15, 0.2) is 0 Å². The molecule has 0 bridgehead atoms. The Hall–Kier alpha value is -1.36. The second kappa shape index (κ2) is 5.12. The molecule has 0 unspecified atom stereocenters. The number of nitrogens with zero attached hydrogens (tertiary/aromatic N) is 1. The van der Waals surface area contributed by atoms with Gasteiger partial charge in [-0.15, -0.1) is 0 Å². The fourth-order valence-corrected chi connectivity index (χ4v) is 1.89. The maximum Gasteiger partial charge on any atom is 0.300 e. The highest BCUT2D eigenvalue weighted by atomic mass is 32.2. The largest absolute Gasteiger partial charge is 0.369 e. The van der Waals surface area contributed by atoms with Crippen molar-refractivity contribution in [1.82, 2.24) is 0 Å². The van der Waals surface area contributed by atoms with Crippen LogP contribution in [0.2, 0.25) is 0 Å². The molecule has 16 heavy (non-hydrogen) atoms. The molecule has 0 saturated carbocycles. The van der Waals surface area contributed by atoms with Crippen molar-refractivity contribution < 1.29 is 12.6 Å². The first-order valence-corrected chi connectivity index (χ1v) is 5.95. The molecule has 0 amide bonds. The summed E-state index contributed by atoms with van der Waals surface area (Å²) in [4.78, 5) is 4.15. The van der Waals surface area contributed by atoms with Crippen LogP contribution in [-0.4, -0.2) is 14.3 Å². The number of benzene rings is 1. The maximum atomic E-state index is 10.4. The van der Waals surface area contributed by atoms with E-state index in [9.17, 15) is 8.42 Å². The number of thiol groups is 1. The molecule has 0 saturated heterocycles. The van der Waals surface area contributed by atoms with E-state index in [1.54, 1.807) is 0 Å². The van der Waals surface area contributed by atoms with Crippen molar-refractivity contribution in [2.45, 2.75) is 27.7 Å². The van der Waals surface area contributed by atoms with E-state index in [-0.39, 0.29) is 5.90 Å². The Morgan fingerprint density at radius 2 is 1.69 bits per heavy atom. The molecule has 0 fully saturated rings. The molecule has 0 spiro atoms. The molecule has 0 aliphatic carbocycles. The molecular weight excluding hydrogens is 226 g/mol. The van der Waals surface area contributed by atoms with Crippen LogP contribution in [0.15, 0.2) is 17.1 Å². The number of hydrogen-bond acceptors (Lipinski definition) is 4. The smallest absolute Gasteiger partial charge is 0.300 e. The van der Waals surface area contributed by atoms with E-state index in [1.165, 1.54) is 6.92 Å². The SMILES string of the molecule is C/C(=N\c1c(C)cc(C)cc1C)O[SH](=O)=O. The molecule has 88 valence electrons. The van der Waals surface area contributed by atoms with Crippen molar-refractivity contribution in [2.24, 2.45) is 4.99 Å². The Kier molecular flexibility index (Phi) is 4.06. The lowest BCUT2D eigenvalue weighted by molar-refractivity contribution is 0.505. The molecule has 0 radical (unpaired) electrons. The monoisotopic (exact) mass is 241 g/mol. The summed E-state index contributed by atoms with van der Waals surface area (Å²) >= 11 is 0. The van der Waals surface area contributed by atoms with Crippen LogP contribution < -0.4 is 0 Å². The number of rotatable bonds is 2. The van der Waals surface area contributed by atoms with Crippen LogP contribution in [0.25, 0.3) is 0 Å². The first-order valence-electron chi connectivity index (χ1n) is 4.85. The highest BCUT2D eigenvalue weighted by molar-refractivity contribution is 7.67. The van der Waals surface area contributed by atoms with Crippen molar-refractivity contribution in [3.8, 4) is 0 Å². The van der Waals surface area contributed by atoms with Crippen molar-refractivity contribution in [3.05, 3.63) is 28.8 Å². The van der Waals surface area contributed by atoms with Crippen LogP contribution in [0.3, 0.4) is 0 Å². The Morgan fingerprint density at radius 1 is 1.19 bits per heavy atom. The summed E-state index contributed by atoms with van der Waals surface area (Å²) in [5, 5.41) is 0. The van der Waals surface area contributed by atoms with E-state index in [0.29, 0.717) is 0 Å². The number of aliphatic imine (C=N–C) groups is 1. The summed E-state index contributed by atoms with van der Waals surface area (Å²) in [6.45, 7) is 7.39. The van der Waals surface area contributed by atoms with Gasteiger partial charge in [-0.3, -0.25) is 0 Å². The average Bonchev–Trinajstić information content (AvgIpc) is 2.09. The minimum atomic E-state index is -2.89. The quantitative estimate of drug-likeness (QED) is 0.490. The van der Waals surface area contributed by atoms with E-state index in [1.807, 2.05) is 32.9 Å². The molecule has 0 aromatic heterocycles. The van der Waals surface area contributed by atoms with Crippen LogP contribution in [-0.2, 0) is 15.2 Å². The van der Waals surface area contributed by atoms with Crippen molar-refractivity contribution in [2.75, 3.05) is 0 Å². The van der Waals surface area contributed by atoms with Gasteiger partial charge in [0.1, 0.15) is 0 Å². The minimum absolute atomic E-state index is 0.131. The lowest BCUT2D eigenvalue weighted by Crippen LogP contribution is -1.97. The van der Waals surface area contributed by atoms with E-state index in [0.717, 1.165) is 22.4 Å². The third-order valence-electron chi connectivity index (χ3n) is 2.11. The van der Waals surface area contributed by atoms with Crippen LogP contribution in [0.5, 0.6) is 0 Å². The Balaban J connectivity index is 3.14. The zero-order valence-corrected chi connectivity index (χ0v) is 10.7. The topological polar surface area (TPSA) is 55.7 Å². The first kappa shape index (κ1) is 12.7. The molecule has 1 rings (SSSR count). The summed E-state index contributed by atoms with van der Waals surface area (Å²) in [6.07, 6.45) is 0. The van der Waals surface area contributed by atoms with Gasteiger partial charge in [-0.2, -0.15) is 8.42 Å². The van der Waals surface area contributed by atoms with E-state index in [4.69, 9.17) is 0 Å². The van der Waals surface area contributed by atoms with E-state index >= 15 is 0 Å². The fourth-order valence-electron chi connectivity index (χ4n) is 1.63. The van der Waals surface area contributed by atoms with E-state index in [2.05, 4.69) is 9.18 Å². The third kappa shape index (κ3) is 3.34. The summed E-state index contributed by atoms with van der Waals surface area (Å²) in [7, 11) is -2.89. The second-order valence-corrected chi connectivity index (χ2v) is 4.32. The molecule has 0 atom stereocenters. The number of aryl methyl sites for hydroxylation is 3. The van der Waals surface area contributed by atoms with Crippen molar-refractivity contribution in [1.29, 1.82) is 0 Å². The first-order chi connectivity index (χ1) is 7.40. The zero-order chi connectivity index (χ0) is 12.3. The van der Waals surface area contributed by atoms with Crippen LogP contribution in [0, 0.1) is 20.8 Å². The lowest BCUT2D eigenvalue weighted by Gasteiger charge is -2.07. The van der Waals surface area contributed by atoms with Gasteiger partial charge in [-0.1, -0.05) is 17.7 Å². The van der Waals surface area contributed by atoms with Gasteiger partial charge in [-0.05, 0) is 31.9 Å². The summed E-state index contributed by atoms with van der Waals surface area (Å²) in [6, 6.07) is 3.99. The van der Waals surface area contributed by atoms with Gasteiger partial charge in [-0.25, -0.2) is 4.99 Å². The highest BCUT2D eigenvalue weighted by Crippen LogP contribution is 2.25. The lowest BCUT2D eigenvalue weighted by atomic mass is 10.1. The predicted octanol–water partition coefficient (Wildman–Crippen LogP) is 2.20. The summed E-state index contributed by atoms with van der Waals surface area (Å²) in [5.74, 6) is 0.131. The standard InChI is InChI=1S/C11H15NO3S/c1-7-5-8(2)11(9(3)6-7)12-10(4)15-16(13)14/h5-6,16H,1-4H3/b12-10+. The fraction of sp³-hybridized carbons (Fsp3) is 0.364. The number of hydrogen-bond donors (Lipinski definition) is 1. The van der Waals surface area contributed by atoms with Crippen LogP contribution in [0.1, 0.15) is 23.6 Å². The summed E-state index contributed by atoms with van der Waals surface area (Å²) < 4.78 is 25.2. The Bertz CT molecular complexity index is 473. The Labute approximate surface area is 97.1 Å². The Morgan fingerprint density at radius 3 is 2.12 bits per heavy atom. The molecular formula is C11H15NO3S. The molecule has 0 N–H and O–H groups in total. The minimum Gasteiger partial charge on any atom is -0.369 e. The molecule has 1 aromatic carbocycles. The zero-order valence-electron chi connectivity index (χ0n) is 9.77. The average molecular weight is 241 g/mol. The molecule has 0 aliphatic rings. The molecule has 0 heterocycles. The highest BCUT2D eigenvalue weighted by Gasteiger charge is 2.03.